The normalized spacial score (nSPS) is 26.0. The van der Waals surface area contributed by atoms with E-state index in [1.807, 2.05) is 66.7 Å². The molecule has 52 heavy (non-hydrogen) atoms. The highest BCUT2D eigenvalue weighted by molar-refractivity contribution is 6.21. The second kappa shape index (κ2) is 17.9. The maximum Gasteiger partial charge on any atom is 0.321 e. The summed E-state index contributed by atoms with van der Waals surface area (Å²) < 4.78 is 10.7. The van der Waals surface area contributed by atoms with Crippen molar-refractivity contribution in [2.24, 2.45) is 28.5 Å². The molecular formula is C43H56N4O5. The molecule has 1 aliphatic heterocycles. The van der Waals surface area contributed by atoms with Gasteiger partial charge in [-0.3, -0.25) is 19.4 Å². The Bertz CT molecular complexity index is 2010. The first-order valence-electron chi connectivity index (χ1n) is 17.9. The molecule has 9 nitrogen and oxygen atoms in total. The molecule has 2 heterocycles. The number of nitrogens with one attached hydrogen (secondary N) is 2. The fraction of sp³-hybridized carbons (Fsp3) is 0.419. The molecule has 0 fully saturated rings. The van der Waals surface area contributed by atoms with Crippen molar-refractivity contribution in [3.8, 4) is 0 Å². The number of aliphatic imine (C=N–C) groups is 1. The summed E-state index contributed by atoms with van der Waals surface area (Å²) in [6, 6.07) is 0. The average molecular weight is 709 g/mol. The largest absolute Gasteiger partial charge is 0.468 e. The Kier molecular flexibility index (Phi) is 14.3. The molecule has 0 spiro atoms. The second-order valence-electron chi connectivity index (χ2n) is 13.5. The van der Waals surface area contributed by atoms with E-state index in [1.54, 1.807) is 32.2 Å². The highest BCUT2D eigenvalue weighted by Gasteiger charge is 2.44. The Morgan fingerprint density at radius 2 is 1.73 bits per heavy atom. The summed E-state index contributed by atoms with van der Waals surface area (Å²) in [5.41, 5.74) is 15.6. The maximum absolute atomic E-state index is 14.3. The number of hydrogen-bond donors (Lipinski definition) is 3. The summed E-state index contributed by atoms with van der Waals surface area (Å²) in [6.07, 6.45) is 12.1. The van der Waals surface area contributed by atoms with Gasteiger partial charge in [0.25, 0.3) is 0 Å². The van der Waals surface area contributed by atoms with Crippen molar-refractivity contribution < 1.29 is 23.9 Å². The van der Waals surface area contributed by atoms with Gasteiger partial charge in [-0.15, -0.1) is 0 Å². The number of Topliss-reactive ketones (excluding diaryl/α,β-unsaturated/α-hetero) is 1. The summed E-state index contributed by atoms with van der Waals surface area (Å²) in [5, 5.41) is 10.7. The van der Waals surface area contributed by atoms with Crippen molar-refractivity contribution in [3.63, 3.8) is 0 Å². The minimum atomic E-state index is -1.18. The van der Waals surface area contributed by atoms with Crippen LogP contribution in [0.25, 0.3) is 12.2 Å². The van der Waals surface area contributed by atoms with E-state index in [0.29, 0.717) is 52.1 Å². The molecule has 3 atom stereocenters. The van der Waals surface area contributed by atoms with Crippen LogP contribution in [0.5, 0.6) is 0 Å². The SMILES string of the molecule is C=CC1=C(C)/C(C)=C/C(=NC)C(C)C(CCC(=O)OCC=CC)/C(C)=C2C(C)=C(C(=O)C/2C(=O)OC)/C(C)=C(N)/C=c2\[nH]c(c(C)c2CC)=CC1=N. The lowest BCUT2D eigenvalue weighted by Crippen LogP contribution is -2.28. The quantitative estimate of drug-likeness (QED) is 0.162. The number of allylic oxidation sites excluding steroid dienone is 11. The fourth-order valence-corrected chi connectivity index (χ4v) is 7.41. The van der Waals surface area contributed by atoms with Crippen molar-refractivity contribution in [3.05, 3.63) is 103 Å². The van der Waals surface area contributed by atoms with Crippen LogP contribution in [0.3, 0.4) is 0 Å². The summed E-state index contributed by atoms with van der Waals surface area (Å²) >= 11 is 0. The van der Waals surface area contributed by atoms with Crippen LogP contribution in [0.4, 0.5) is 0 Å². The number of aromatic nitrogens is 1. The number of rotatable bonds is 8. The lowest BCUT2D eigenvalue weighted by Gasteiger charge is -2.28. The van der Waals surface area contributed by atoms with E-state index in [0.717, 1.165) is 44.3 Å². The minimum absolute atomic E-state index is 0.119. The summed E-state index contributed by atoms with van der Waals surface area (Å²) in [7, 11) is 3.01. The van der Waals surface area contributed by atoms with E-state index >= 15 is 0 Å². The molecule has 9 heteroatoms. The van der Waals surface area contributed by atoms with E-state index < -0.39 is 11.9 Å². The number of nitrogens with zero attached hydrogens (tertiary/aromatic N) is 1. The van der Waals surface area contributed by atoms with Crippen LogP contribution >= 0.6 is 0 Å². The van der Waals surface area contributed by atoms with E-state index in [2.05, 4.69) is 18.5 Å². The number of esters is 2. The summed E-state index contributed by atoms with van der Waals surface area (Å²) in [5.74, 6) is -3.14. The Labute approximate surface area is 308 Å². The van der Waals surface area contributed by atoms with Gasteiger partial charge in [0.2, 0.25) is 0 Å². The van der Waals surface area contributed by atoms with Crippen LogP contribution in [0.2, 0.25) is 0 Å². The first-order chi connectivity index (χ1) is 24.6. The Morgan fingerprint density at radius 3 is 2.31 bits per heavy atom. The Morgan fingerprint density at radius 1 is 1.06 bits per heavy atom. The number of methoxy groups -OCH3 is 1. The molecule has 3 unspecified atom stereocenters. The standard InChI is InChI=1S/C43H56N4O5/c1-13-16-19-52-38(48)18-17-32-26(7)35(46-11)20-23(4)24(5)30(14-2)34(45)22-36-25(6)31(15-3)37(47-36)21-33(44)28(9)40-29(10)39(27(32)8)41(42(40)49)43(50)51-12/h13-14,16,20-22,26,32,41,45,47H,2,15,17-19,44H2,1,3-12H3/b16-13?,23-20+,30-24?,33-28-,36-22?,37-21-,39-27-,45-34?,46-35?. The van der Waals surface area contributed by atoms with Crippen molar-refractivity contribution in [2.45, 2.75) is 81.6 Å². The van der Waals surface area contributed by atoms with Gasteiger partial charge in [-0.05, 0) is 124 Å². The molecule has 0 saturated carbocycles. The smallest absolute Gasteiger partial charge is 0.321 e. The molecular weight excluding hydrogens is 652 g/mol. The number of fused-ring (bicyclic) bond motifs is 3. The topological polar surface area (TPSA) is 148 Å². The fourth-order valence-electron chi connectivity index (χ4n) is 7.41. The molecule has 278 valence electrons. The molecule has 2 aliphatic rings. The van der Waals surface area contributed by atoms with E-state index in [9.17, 15) is 14.4 Å². The van der Waals surface area contributed by atoms with E-state index in [1.165, 1.54) is 7.11 Å². The molecule has 0 aromatic carbocycles. The van der Waals surface area contributed by atoms with Gasteiger partial charge in [-0.25, -0.2) is 0 Å². The molecule has 1 aliphatic carbocycles. The molecule has 1 aromatic rings. The zero-order valence-electron chi connectivity index (χ0n) is 32.8. The molecule has 3 rings (SSSR count). The van der Waals surface area contributed by atoms with E-state index in [-0.39, 0.29) is 36.6 Å². The van der Waals surface area contributed by atoms with Crippen molar-refractivity contribution in [2.75, 3.05) is 20.8 Å². The van der Waals surface area contributed by atoms with Gasteiger partial charge in [-0.1, -0.05) is 44.2 Å². The molecule has 4 N–H and O–H groups in total. The number of carbonyl (C=O) groups is 3. The van der Waals surface area contributed by atoms with Gasteiger partial charge in [-0.2, -0.15) is 0 Å². The maximum atomic E-state index is 14.3. The number of hydrogen-bond acceptors (Lipinski definition) is 8. The molecule has 0 amide bonds. The van der Waals surface area contributed by atoms with Gasteiger partial charge in [0, 0.05) is 52.6 Å². The minimum Gasteiger partial charge on any atom is -0.468 e. The van der Waals surface area contributed by atoms with E-state index in [4.69, 9.17) is 25.6 Å². The lowest BCUT2D eigenvalue weighted by atomic mass is 9.76. The van der Waals surface area contributed by atoms with Gasteiger partial charge in [0.05, 0.1) is 12.8 Å². The predicted octanol–water partition coefficient (Wildman–Crippen LogP) is 6.39. The van der Waals surface area contributed by atoms with Crippen LogP contribution < -0.4 is 16.4 Å². The van der Waals surface area contributed by atoms with Crippen molar-refractivity contribution in [1.29, 1.82) is 5.41 Å². The number of carbonyl (C=O) groups excluding carboxylic acids is 3. The second-order valence-corrected chi connectivity index (χ2v) is 13.5. The zero-order valence-corrected chi connectivity index (χ0v) is 32.8. The average Bonchev–Trinajstić information content (AvgIpc) is 3.55. The third kappa shape index (κ3) is 8.52. The van der Waals surface area contributed by atoms with Crippen molar-refractivity contribution in [1.82, 2.24) is 4.98 Å². The van der Waals surface area contributed by atoms with Crippen LogP contribution in [-0.2, 0) is 30.3 Å². The van der Waals surface area contributed by atoms with Crippen LogP contribution in [0.15, 0.2) is 86.2 Å². The number of nitrogens with two attached hydrogens (primary N) is 1. The van der Waals surface area contributed by atoms with Gasteiger partial charge < -0.3 is 25.6 Å². The summed E-state index contributed by atoms with van der Waals surface area (Å²) in [4.78, 5) is 48.9. The molecule has 1 aromatic heterocycles. The Balaban J connectivity index is 2.52. The molecule has 0 saturated heterocycles. The van der Waals surface area contributed by atoms with Crippen LogP contribution in [-0.4, -0.2) is 54.9 Å². The van der Waals surface area contributed by atoms with Crippen LogP contribution in [0.1, 0.15) is 79.4 Å². The summed E-state index contributed by atoms with van der Waals surface area (Å²) in [6.45, 7) is 21.7. The first-order valence-corrected chi connectivity index (χ1v) is 17.9. The molecule has 0 radical (unpaired) electrons. The molecule has 4 bridgehead atoms. The van der Waals surface area contributed by atoms with Crippen LogP contribution in [0, 0.1) is 30.1 Å². The first kappa shape index (κ1) is 41.4. The Hall–Kier alpha value is -5.05. The van der Waals surface area contributed by atoms with Crippen molar-refractivity contribution >= 4 is 41.3 Å². The lowest BCUT2D eigenvalue weighted by molar-refractivity contribution is -0.146. The highest BCUT2D eigenvalue weighted by atomic mass is 16.5. The zero-order chi connectivity index (χ0) is 39.0. The number of ketones is 1. The number of ether oxygens (including phenoxy) is 2. The monoisotopic (exact) mass is 708 g/mol. The van der Waals surface area contributed by atoms with Gasteiger partial charge >= 0.3 is 11.9 Å². The third-order valence-corrected chi connectivity index (χ3v) is 10.6. The third-order valence-electron chi connectivity index (χ3n) is 10.6. The number of aromatic amines is 1. The van der Waals surface area contributed by atoms with Gasteiger partial charge in [0.1, 0.15) is 12.5 Å². The number of H-pyrrole nitrogens is 1. The predicted molar refractivity (Wildman–Crippen MR) is 211 cm³/mol. The van der Waals surface area contributed by atoms with Gasteiger partial charge in [0.15, 0.2) is 5.78 Å². The highest BCUT2D eigenvalue weighted by Crippen LogP contribution is 2.43.